The SMILES string of the molecule is c1ccc(N(c2ccc(-c3cc4c5ccccc5sc4c4c3oc3ccccc34)c3ccccc23)c2cc3oc4ccccc4c3c3sc4ccccc4c23)cc1. The first-order chi connectivity index (χ1) is 28.3. The topological polar surface area (TPSA) is 29.5 Å². The van der Waals surface area contributed by atoms with Crippen LogP contribution < -0.4 is 4.90 Å². The normalized spacial score (nSPS) is 12.2. The van der Waals surface area contributed by atoms with E-state index < -0.39 is 0 Å². The fourth-order valence-electron chi connectivity index (χ4n) is 9.21. The Hall–Kier alpha value is -6.92. The summed E-state index contributed by atoms with van der Waals surface area (Å²) < 4.78 is 18.6. The molecule has 0 bridgehead atoms. The van der Waals surface area contributed by atoms with Crippen molar-refractivity contribution in [2.45, 2.75) is 0 Å². The van der Waals surface area contributed by atoms with Crippen molar-refractivity contribution in [1.29, 1.82) is 0 Å². The molecule has 3 nitrogen and oxygen atoms in total. The molecule has 4 aromatic heterocycles. The predicted octanol–water partition coefficient (Wildman–Crippen LogP) is 16.5. The fourth-order valence-corrected chi connectivity index (χ4v) is 11.7. The van der Waals surface area contributed by atoms with Gasteiger partial charge >= 0.3 is 0 Å². The zero-order chi connectivity index (χ0) is 37.2. The van der Waals surface area contributed by atoms with E-state index in [2.05, 4.69) is 181 Å². The van der Waals surface area contributed by atoms with Crippen LogP contribution in [0.2, 0.25) is 0 Å². The summed E-state index contributed by atoms with van der Waals surface area (Å²) in [6, 6.07) is 63.2. The van der Waals surface area contributed by atoms with E-state index in [0.29, 0.717) is 0 Å². The highest BCUT2D eigenvalue weighted by molar-refractivity contribution is 7.27. The van der Waals surface area contributed by atoms with Crippen LogP contribution in [0.4, 0.5) is 17.1 Å². The standard InChI is InChI=1S/C52H29NO2S2/c1-2-14-30(15-3-1)53(41-29-44-48(35-19-6-10-22-42(35)54-44)52-47(41)37-21-9-13-25-46(37)57-52)40-27-26-32(31-16-4-5-17-33(31)40)38-28-39-34-18-8-12-24-45(34)56-51(39)49-36-20-7-11-23-43(36)55-50(38)49/h1-29H. The third-order valence-corrected chi connectivity index (χ3v) is 14.0. The van der Waals surface area contributed by atoms with Crippen LogP contribution >= 0.6 is 22.7 Å². The van der Waals surface area contributed by atoms with Gasteiger partial charge in [0.1, 0.15) is 22.3 Å². The Morgan fingerprint density at radius 1 is 0.351 bits per heavy atom. The maximum absolute atomic E-state index is 6.84. The summed E-state index contributed by atoms with van der Waals surface area (Å²) in [5, 5.41) is 12.0. The Labute approximate surface area is 333 Å². The molecule has 0 saturated carbocycles. The third kappa shape index (κ3) is 4.41. The van der Waals surface area contributed by atoms with Crippen molar-refractivity contribution >= 4 is 135 Å². The molecular formula is C52H29NO2S2. The maximum Gasteiger partial charge on any atom is 0.144 e. The molecule has 0 atom stereocenters. The van der Waals surface area contributed by atoms with E-state index in [9.17, 15) is 0 Å². The van der Waals surface area contributed by atoms with Crippen molar-refractivity contribution in [2.75, 3.05) is 4.90 Å². The zero-order valence-electron chi connectivity index (χ0n) is 30.3. The Morgan fingerprint density at radius 2 is 0.947 bits per heavy atom. The minimum Gasteiger partial charge on any atom is -0.456 e. The summed E-state index contributed by atoms with van der Waals surface area (Å²) in [5.41, 5.74) is 9.11. The number of anilines is 3. The summed E-state index contributed by atoms with van der Waals surface area (Å²) >= 11 is 3.70. The highest BCUT2D eigenvalue weighted by atomic mass is 32.1. The van der Waals surface area contributed by atoms with Gasteiger partial charge in [-0.3, -0.25) is 0 Å². The number of rotatable bonds is 4. The van der Waals surface area contributed by atoms with Gasteiger partial charge in [-0.05, 0) is 59.5 Å². The van der Waals surface area contributed by atoms with Gasteiger partial charge in [0.2, 0.25) is 0 Å². The Bertz CT molecular complexity index is 3770. The van der Waals surface area contributed by atoms with Crippen molar-refractivity contribution < 1.29 is 8.83 Å². The molecular weight excluding hydrogens is 735 g/mol. The van der Waals surface area contributed by atoms with Gasteiger partial charge < -0.3 is 13.7 Å². The number of para-hydroxylation sites is 3. The van der Waals surface area contributed by atoms with Crippen LogP contribution in [0.1, 0.15) is 0 Å². The smallest absolute Gasteiger partial charge is 0.144 e. The average molecular weight is 764 g/mol. The highest BCUT2D eigenvalue weighted by Gasteiger charge is 2.26. The Balaban J connectivity index is 1.14. The lowest BCUT2D eigenvalue weighted by molar-refractivity contribution is 0.669. The van der Waals surface area contributed by atoms with Crippen LogP contribution in [0.5, 0.6) is 0 Å². The van der Waals surface area contributed by atoms with Crippen molar-refractivity contribution in [3.8, 4) is 11.1 Å². The van der Waals surface area contributed by atoms with Crippen molar-refractivity contribution in [2.24, 2.45) is 0 Å². The van der Waals surface area contributed by atoms with Gasteiger partial charge in [-0.25, -0.2) is 0 Å². The zero-order valence-corrected chi connectivity index (χ0v) is 32.0. The summed E-state index contributed by atoms with van der Waals surface area (Å²) in [4.78, 5) is 2.44. The monoisotopic (exact) mass is 763 g/mol. The number of benzene rings is 9. The first-order valence-electron chi connectivity index (χ1n) is 19.2. The number of hydrogen-bond acceptors (Lipinski definition) is 5. The van der Waals surface area contributed by atoms with Crippen LogP contribution in [0.15, 0.2) is 185 Å². The van der Waals surface area contributed by atoms with Crippen molar-refractivity contribution in [1.82, 2.24) is 0 Å². The van der Waals surface area contributed by atoms with E-state index in [-0.39, 0.29) is 0 Å². The number of nitrogens with zero attached hydrogens (tertiary/aromatic N) is 1. The van der Waals surface area contributed by atoms with Crippen molar-refractivity contribution in [3.05, 3.63) is 176 Å². The van der Waals surface area contributed by atoms with Crippen LogP contribution in [0.3, 0.4) is 0 Å². The van der Waals surface area contributed by atoms with Gasteiger partial charge in [0.05, 0.1) is 11.4 Å². The van der Waals surface area contributed by atoms with Gasteiger partial charge in [0.15, 0.2) is 0 Å². The molecule has 266 valence electrons. The summed E-state index contributed by atoms with van der Waals surface area (Å²) in [6.45, 7) is 0. The second-order valence-electron chi connectivity index (χ2n) is 14.7. The molecule has 0 saturated heterocycles. The molecule has 0 aliphatic heterocycles. The van der Waals surface area contributed by atoms with Crippen LogP contribution in [0, 0.1) is 0 Å². The third-order valence-electron chi connectivity index (χ3n) is 11.6. The molecule has 57 heavy (non-hydrogen) atoms. The molecule has 0 radical (unpaired) electrons. The van der Waals surface area contributed by atoms with Gasteiger partial charge in [0, 0.05) is 84.6 Å². The van der Waals surface area contributed by atoms with E-state index in [4.69, 9.17) is 8.83 Å². The summed E-state index contributed by atoms with van der Waals surface area (Å²) in [7, 11) is 0. The lowest BCUT2D eigenvalue weighted by Crippen LogP contribution is -2.11. The maximum atomic E-state index is 6.84. The van der Waals surface area contributed by atoms with E-state index in [1.165, 1.54) is 51.1 Å². The first kappa shape index (κ1) is 31.3. The molecule has 0 amide bonds. The second-order valence-corrected chi connectivity index (χ2v) is 16.8. The summed E-state index contributed by atoms with van der Waals surface area (Å²) in [6.07, 6.45) is 0. The van der Waals surface area contributed by atoms with E-state index in [0.717, 1.165) is 72.1 Å². The Kier molecular flexibility index (Phi) is 6.48. The second kappa shape index (κ2) is 11.8. The minimum absolute atomic E-state index is 0.885. The highest BCUT2D eigenvalue weighted by Crippen LogP contribution is 2.53. The molecule has 9 aromatic carbocycles. The quantitative estimate of drug-likeness (QED) is 0.179. The molecule has 4 heterocycles. The average Bonchev–Trinajstić information content (AvgIpc) is 4.04. The van der Waals surface area contributed by atoms with E-state index in [1.54, 1.807) is 0 Å². The molecule has 0 unspecified atom stereocenters. The van der Waals surface area contributed by atoms with Gasteiger partial charge in [0.25, 0.3) is 0 Å². The lowest BCUT2D eigenvalue weighted by Gasteiger charge is -2.28. The predicted molar refractivity (Wildman–Crippen MR) is 244 cm³/mol. The van der Waals surface area contributed by atoms with E-state index >= 15 is 0 Å². The summed E-state index contributed by atoms with van der Waals surface area (Å²) in [5.74, 6) is 0. The lowest BCUT2D eigenvalue weighted by atomic mass is 9.93. The van der Waals surface area contributed by atoms with Crippen molar-refractivity contribution in [3.63, 3.8) is 0 Å². The van der Waals surface area contributed by atoms with Gasteiger partial charge in [-0.2, -0.15) is 0 Å². The molecule has 0 spiro atoms. The molecule has 0 fully saturated rings. The molecule has 0 N–H and O–H groups in total. The largest absolute Gasteiger partial charge is 0.456 e. The molecule has 13 aromatic rings. The molecule has 5 heteroatoms. The number of fused-ring (bicyclic) bond motifs is 15. The molecule has 13 rings (SSSR count). The number of thiophene rings is 2. The number of hydrogen-bond donors (Lipinski definition) is 0. The van der Waals surface area contributed by atoms with Gasteiger partial charge in [-0.1, -0.05) is 121 Å². The molecule has 0 aliphatic carbocycles. The van der Waals surface area contributed by atoms with E-state index in [1.807, 2.05) is 22.7 Å². The van der Waals surface area contributed by atoms with Gasteiger partial charge in [-0.15, -0.1) is 22.7 Å². The van der Waals surface area contributed by atoms with Crippen LogP contribution in [0.25, 0.3) is 106 Å². The van der Waals surface area contributed by atoms with Crippen LogP contribution in [-0.4, -0.2) is 0 Å². The Morgan fingerprint density at radius 3 is 1.74 bits per heavy atom. The fraction of sp³-hybridized carbons (Fsp3) is 0. The first-order valence-corrected chi connectivity index (χ1v) is 20.8. The van der Waals surface area contributed by atoms with Crippen LogP contribution in [-0.2, 0) is 0 Å². The minimum atomic E-state index is 0.885. The molecule has 0 aliphatic rings. The number of furan rings is 2.